The van der Waals surface area contributed by atoms with Gasteiger partial charge >= 0.3 is 5.97 Å². The van der Waals surface area contributed by atoms with Crippen molar-refractivity contribution in [3.8, 4) is 5.75 Å². The van der Waals surface area contributed by atoms with E-state index in [2.05, 4.69) is 21.2 Å². The first kappa shape index (κ1) is 16.0. The lowest BCUT2D eigenvalue weighted by molar-refractivity contribution is -0.157. The van der Waals surface area contributed by atoms with Gasteiger partial charge in [0.05, 0.1) is 7.11 Å². The van der Waals surface area contributed by atoms with Crippen LogP contribution in [0.1, 0.15) is 32.4 Å². The highest BCUT2D eigenvalue weighted by molar-refractivity contribution is 9.10. The Labute approximate surface area is 122 Å². The number of carbonyl (C=O) groups excluding carboxylic acids is 1. The predicted octanol–water partition coefficient (Wildman–Crippen LogP) is 3.06. The van der Waals surface area contributed by atoms with Gasteiger partial charge in [0.25, 0.3) is 0 Å². The van der Waals surface area contributed by atoms with Crippen molar-refractivity contribution in [2.24, 2.45) is 0 Å². The van der Waals surface area contributed by atoms with Gasteiger partial charge in [-0.05, 0) is 51.6 Å². The van der Waals surface area contributed by atoms with E-state index in [0.29, 0.717) is 5.75 Å². The molecule has 1 aromatic carbocycles. The molecule has 0 spiro atoms. The van der Waals surface area contributed by atoms with Crippen molar-refractivity contribution in [1.29, 1.82) is 0 Å². The van der Waals surface area contributed by atoms with Gasteiger partial charge in [0.15, 0.2) is 0 Å². The zero-order valence-electron chi connectivity index (χ0n) is 11.9. The minimum absolute atomic E-state index is 0.316. The molecule has 1 N–H and O–H groups in total. The molecule has 0 heterocycles. The summed E-state index contributed by atoms with van der Waals surface area (Å²) in [5.74, 6) is 0.381. The number of esters is 1. The van der Waals surface area contributed by atoms with Crippen LogP contribution >= 0.6 is 15.9 Å². The van der Waals surface area contributed by atoms with E-state index in [1.54, 1.807) is 14.2 Å². The highest BCUT2D eigenvalue weighted by atomic mass is 79.9. The summed E-state index contributed by atoms with van der Waals surface area (Å²) >= 11 is 3.45. The lowest BCUT2D eigenvalue weighted by Crippen LogP contribution is -2.33. The SMILES string of the molecule is CNC(C(=O)OC(C)(C)C)c1cc(OC)ccc1Br. The van der Waals surface area contributed by atoms with Crippen molar-refractivity contribution in [2.75, 3.05) is 14.2 Å². The largest absolute Gasteiger partial charge is 0.497 e. The minimum Gasteiger partial charge on any atom is -0.497 e. The quantitative estimate of drug-likeness (QED) is 0.862. The molecule has 1 rings (SSSR count). The summed E-state index contributed by atoms with van der Waals surface area (Å²) in [6, 6.07) is 4.96. The lowest BCUT2D eigenvalue weighted by Gasteiger charge is -2.24. The van der Waals surface area contributed by atoms with Crippen LogP contribution in [0.5, 0.6) is 5.75 Å². The molecule has 1 atom stereocenters. The molecule has 0 radical (unpaired) electrons. The summed E-state index contributed by atoms with van der Waals surface area (Å²) in [4.78, 5) is 12.2. The average molecular weight is 330 g/mol. The van der Waals surface area contributed by atoms with Gasteiger partial charge in [-0.2, -0.15) is 0 Å². The van der Waals surface area contributed by atoms with E-state index in [4.69, 9.17) is 9.47 Å². The van der Waals surface area contributed by atoms with Crippen LogP contribution in [0, 0.1) is 0 Å². The first-order valence-corrected chi connectivity index (χ1v) is 6.81. The highest BCUT2D eigenvalue weighted by Gasteiger charge is 2.27. The number of nitrogens with one attached hydrogen (secondary N) is 1. The van der Waals surface area contributed by atoms with E-state index in [-0.39, 0.29) is 5.97 Å². The Morgan fingerprint density at radius 1 is 1.37 bits per heavy atom. The number of halogens is 1. The topological polar surface area (TPSA) is 47.6 Å². The number of ether oxygens (including phenoxy) is 2. The van der Waals surface area contributed by atoms with Crippen LogP contribution in [0.4, 0.5) is 0 Å². The van der Waals surface area contributed by atoms with E-state index in [1.807, 2.05) is 39.0 Å². The summed E-state index contributed by atoms with van der Waals surface area (Å²) in [7, 11) is 3.31. The third kappa shape index (κ3) is 4.51. The Morgan fingerprint density at radius 3 is 2.47 bits per heavy atom. The molecule has 0 aliphatic rings. The summed E-state index contributed by atoms with van der Waals surface area (Å²) in [5, 5.41) is 2.97. The standard InChI is InChI=1S/C14H20BrNO3/c1-14(2,3)19-13(17)12(16-4)10-8-9(18-5)6-7-11(10)15/h6-8,12,16H,1-5H3. The molecule has 0 amide bonds. The third-order valence-corrected chi connectivity index (χ3v) is 3.17. The van der Waals surface area contributed by atoms with Crippen molar-refractivity contribution in [3.05, 3.63) is 28.2 Å². The Bertz CT molecular complexity index is 454. The number of hydrogen-bond donors (Lipinski definition) is 1. The maximum Gasteiger partial charge on any atom is 0.328 e. The molecule has 0 saturated heterocycles. The Kier molecular flexibility index (Phi) is 5.38. The predicted molar refractivity (Wildman–Crippen MR) is 78.3 cm³/mol. The molecule has 0 aliphatic carbocycles. The van der Waals surface area contributed by atoms with Gasteiger partial charge in [-0.3, -0.25) is 0 Å². The molecule has 0 bridgehead atoms. The molecule has 1 unspecified atom stereocenters. The van der Waals surface area contributed by atoms with Gasteiger partial charge in [-0.25, -0.2) is 4.79 Å². The molecule has 0 saturated carbocycles. The van der Waals surface area contributed by atoms with Crippen molar-refractivity contribution in [3.63, 3.8) is 0 Å². The van der Waals surface area contributed by atoms with Gasteiger partial charge in [-0.1, -0.05) is 15.9 Å². The Balaban J connectivity index is 3.06. The van der Waals surface area contributed by atoms with Crippen LogP contribution in [-0.4, -0.2) is 25.7 Å². The van der Waals surface area contributed by atoms with Crippen LogP contribution in [-0.2, 0) is 9.53 Å². The van der Waals surface area contributed by atoms with Crippen molar-refractivity contribution >= 4 is 21.9 Å². The molecule has 0 aliphatic heterocycles. The van der Waals surface area contributed by atoms with Gasteiger partial charge in [0, 0.05) is 4.47 Å². The van der Waals surface area contributed by atoms with Crippen molar-refractivity contribution < 1.29 is 14.3 Å². The van der Waals surface area contributed by atoms with Crippen LogP contribution in [0.3, 0.4) is 0 Å². The van der Waals surface area contributed by atoms with Crippen molar-refractivity contribution in [1.82, 2.24) is 5.32 Å². The van der Waals surface area contributed by atoms with Crippen molar-refractivity contribution in [2.45, 2.75) is 32.4 Å². The highest BCUT2D eigenvalue weighted by Crippen LogP contribution is 2.29. The first-order valence-electron chi connectivity index (χ1n) is 6.02. The zero-order valence-corrected chi connectivity index (χ0v) is 13.5. The molecule has 5 heteroatoms. The maximum atomic E-state index is 12.2. The van der Waals surface area contributed by atoms with Crippen LogP contribution < -0.4 is 10.1 Å². The van der Waals surface area contributed by atoms with Crippen LogP contribution in [0.25, 0.3) is 0 Å². The van der Waals surface area contributed by atoms with Gasteiger partial charge in [0.2, 0.25) is 0 Å². The molecular weight excluding hydrogens is 310 g/mol. The molecular formula is C14H20BrNO3. The second-order valence-corrected chi connectivity index (χ2v) is 6.00. The molecule has 0 fully saturated rings. The molecule has 4 nitrogen and oxygen atoms in total. The second kappa shape index (κ2) is 6.39. The number of rotatable bonds is 4. The fraction of sp³-hybridized carbons (Fsp3) is 0.500. The maximum absolute atomic E-state index is 12.2. The smallest absolute Gasteiger partial charge is 0.328 e. The zero-order chi connectivity index (χ0) is 14.6. The molecule has 1 aromatic rings. The normalized spacial score (nSPS) is 12.9. The van der Waals surface area contributed by atoms with Gasteiger partial charge in [-0.15, -0.1) is 0 Å². The monoisotopic (exact) mass is 329 g/mol. The third-order valence-electron chi connectivity index (χ3n) is 2.45. The second-order valence-electron chi connectivity index (χ2n) is 5.14. The number of benzene rings is 1. The summed E-state index contributed by atoms with van der Waals surface area (Å²) < 4.78 is 11.4. The molecule has 0 aromatic heterocycles. The van der Waals surface area contributed by atoms with E-state index >= 15 is 0 Å². The van der Waals surface area contributed by atoms with E-state index in [9.17, 15) is 4.79 Å². The molecule has 106 valence electrons. The van der Waals surface area contributed by atoms with Crippen LogP contribution in [0.15, 0.2) is 22.7 Å². The van der Waals surface area contributed by atoms with Gasteiger partial charge < -0.3 is 14.8 Å². The number of carbonyl (C=O) groups is 1. The first-order chi connectivity index (χ1) is 8.78. The van der Waals surface area contributed by atoms with Crippen LogP contribution in [0.2, 0.25) is 0 Å². The van der Waals surface area contributed by atoms with Gasteiger partial charge in [0.1, 0.15) is 17.4 Å². The fourth-order valence-electron chi connectivity index (χ4n) is 1.63. The number of methoxy groups -OCH3 is 1. The molecule has 19 heavy (non-hydrogen) atoms. The number of hydrogen-bond acceptors (Lipinski definition) is 4. The summed E-state index contributed by atoms with van der Waals surface area (Å²) in [6.07, 6.45) is 0. The average Bonchev–Trinajstić information content (AvgIpc) is 2.30. The minimum atomic E-state index is -0.538. The Morgan fingerprint density at radius 2 is 2.00 bits per heavy atom. The fourth-order valence-corrected chi connectivity index (χ4v) is 2.11. The lowest BCUT2D eigenvalue weighted by atomic mass is 10.1. The Hall–Kier alpha value is -1.07. The summed E-state index contributed by atoms with van der Waals surface area (Å²) in [5.41, 5.74) is 0.272. The van der Waals surface area contributed by atoms with E-state index in [0.717, 1.165) is 10.0 Å². The van der Waals surface area contributed by atoms with E-state index in [1.165, 1.54) is 0 Å². The number of likely N-dealkylation sites (N-methyl/N-ethyl adjacent to an activating group) is 1. The van der Waals surface area contributed by atoms with E-state index < -0.39 is 11.6 Å². The summed E-state index contributed by atoms with van der Waals surface area (Å²) in [6.45, 7) is 5.54.